The number of imidazole rings is 1. The summed E-state index contributed by atoms with van der Waals surface area (Å²) in [4.78, 5) is 19.0. The molecule has 9 heteroatoms. The molecule has 0 N–H and O–H groups in total. The van der Waals surface area contributed by atoms with E-state index in [0.29, 0.717) is 43.3 Å². The van der Waals surface area contributed by atoms with Crippen molar-refractivity contribution in [3.63, 3.8) is 0 Å². The predicted molar refractivity (Wildman–Crippen MR) is 116 cm³/mol. The van der Waals surface area contributed by atoms with Crippen LogP contribution in [0.1, 0.15) is 10.4 Å². The van der Waals surface area contributed by atoms with Crippen molar-refractivity contribution in [2.45, 2.75) is 0 Å². The summed E-state index contributed by atoms with van der Waals surface area (Å²) in [6.07, 6.45) is 3.58. The van der Waals surface area contributed by atoms with Crippen LogP contribution < -0.4 is 0 Å². The molecular weight excluding hydrogens is 411 g/mol. The molecule has 0 atom stereocenters. The van der Waals surface area contributed by atoms with E-state index >= 15 is 0 Å². The Kier molecular flexibility index (Phi) is 5.24. The molecule has 0 bridgehead atoms. The van der Waals surface area contributed by atoms with E-state index in [1.165, 1.54) is 12.1 Å². The van der Waals surface area contributed by atoms with E-state index in [-0.39, 0.29) is 11.7 Å². The number of hydrogen-bond donors (Lipinski definition) is 0. The lowest BCUT2D eigenvalue weighted by molar-refractivity contribution is 0.0303. The van der Waals surface area contributed by atoms with Gasteiger partial charge in [-0.3, -0.25) is 4.79 Å². The summed E-state index contributed by atoms with van der Waals surface area (Å²) < 4.78 is 22.2. The molecule has 4 aromatic rings. The van der Waals surface area contributed by atoms with Crippen molar-refractivity contribution >= 4 is 5.91 Å². The predicted octanol–water partition coefficient (Wildman–Crippen LogP) is 2.95. The molecule has 1 saturated heterocycles. The fraction of sp³-hybridized carbons (Fsp3) is 0.217. The Balaban J connectivity index is 1.40. The highest BCUT2D eigenvalue weighted by Crippen LogP contribution is 2.29. The fourth-order valence-electron chi connectivity index (χ4n) is 3.76. The second kappa shape index (κ2) is 8.35. The second-order valence-electron chi connectivity index (χ2n) is 7.53. The standard InChI is InChI=1S/C23H21FN6O2/c1-28-22(21(26-27-28)16-2-6-18(24)7-3-16)20-14-30(15-25-20)19-8-4-17(5-9-19)23(31)29-10-12-32-13-11-29/h2-9,14-15H,10-13H2,1H3. The van der Waals surface area contributed by atoms with Crippen LogP contribution in [0.4, 0.5) is 4.39 Å². The summed E-state index contributed by atoms with van der Waals surface area (Å²) in [5.41, 5.74) is 4.32. The number of aryl methyl sites for hydroxylation is 1. The molecule has 0 saturated carbocycles. The van der Waals surface area contributed by atoms with E-state index in [0.717, 1.165) is 16.9 Å². The molecule has 1 amide bonds. The Hall–Kier alpha value is -3.85. The first-order chi connectivity index (χ1) is 15.6. The van der Waals surface area contributed by atoms with Crippen LogP contribution in [-0.4, -0.2) is 61.7 Å². The van der Waals surface area contributed by atoms with Crippen molar-refractivity contribution < 1.29 is 13.9 Å². The van der Waals surface area contributed by atoms with Gasteiger partial charge in [0.25, 0.3) is 5.91 Å². The Morgan fingerprint density at radius 2 is 1.75 bits per heavy atom. The SMILES string of the molecule is Cn1nnc(-c2ccc(F)cc2)c1-c1cn(-c2ccc(C(=O)N3CCOCC3)cc2)cn1. The monoisotopic (exact) mass is 432 g/mol. The number of morpholine rings is 1. The molecule has 1 aliphatic heterocycles. The van der Waals surface area contributed by atoms with Gasteiger partial charge in [0, 0.05) is 43.1 Å². The van der Waals surface area contributed by atoms with Crippen LogP contribution in [0.15, 0.2) is 61.1 Å². The van der Waals surface area contributed by atoms with Gasteiger partial charge in [-0.15, -0.1) is 5.10 Å². The van der Waals surface area contributed by atoms with Crippen molar-refractivity contribution in [3.05, 3.63) is 72.4 Å². The van der Waals surface area contributed by atoms with E-state index in [4.69, 9.17) is 4.74 Å². The first-order valence-corrected chi connectivity index (χ1v) is 10.3. The van der Waals surface area contributed by atoms with Gasteiger partial charge in [-0.25, -0.2) is 14.1 Å². The summed E-state index contributed by atoms with van der Waals surface area (Å²) in [7, 11) is 1.79. The van der Waals surface area contributed by atoms with E-state index < -0.39 is 0 Å². The minimum absolute atomic E-state index is 0.0102. The lowest BCUT2D eigenvalue weighted by Crippen LogP contribution is -2.40. The highest BCUT2D eigenvalue weighted by molar-refractivity contribution is 5.94. The van der Waals surface area contributed by atoms with Gasteiger partial charge in [0.2, 0.25) is 0 Å². The number of carbonyl (C=O) groups is 1. The summed E-state index contributed by atoms with van der Waals surface area (Å²) in [6.45, 7) is 2.37. The number of halogens is 1. The van der Waals surface area contributed by atoms with Gasteiger partial charge in [-0.1, -0.05) is 5.21 Å². The van der Waals surface area contributed by atoms with E-state index in [2.05, 4.69) is 15.3 Å². The molecule has 2 aromatic heterocycles. The number of benzene rings is 2. The number of aromatic nitrogens is 5. The number of hydrogen-bond acceptors (Lipinski definition) is 5. The van der Waals surface area contributed by atoms with Crippen molar-refractivity contribution in [3.8, 4) is 28.3 Å². The molecule has 162 valence electrons. The molecule has 0 aliphatic carbocycles. The van der Waals surface area contributed by atoms with Crippen LogP contribution in [0.2, 0.25) is 0 Å². The molecule has 0 spiro atoms. The van der Waals surface area contributed by atoms with Gasteiger partial charge in [0.15, 0.2) is 0 Å². The fourth-order valence-corrected chi connectivity index (χ4v) is 3.76. The molecule has 8 nitrogen and oxygen atoms in total. The van der Waals surface area contributed by atoms with Gasteiger partial charge in [0.1, 0.15) is 22.9 Å². The molecule has 1 aliphatic rings. The van der Waals surface area contributed by atoms with Gasteiger partial charge in [-0.05, 0) is 48.5 Å². The van der Waals surface area contributed by atoms with Crippen molar-refractivity contribution in [1.29, 1.82) is 0 Å². The van der Waals surface area contributed by atoms with Crippen molar-refractivity contribution in [2.24, 2.45) is 7.05 Å². The molecule has 1 fully saturated rings. The smallest absolute Gasteiger partial charge is 0.254 e. The summed E-state index contributed by atoms with van der Waals surface area (Å²) in [5, 5.41) is 8.36. The van der Waals surface area contributed by atoms with Gasteiger partial charge < -0.3 is 14.2 Å². The first kappa shape index (κ1) is 20.1. The third-order valence-electron chi connectivity index (χ3n) is 5.48. The van der Waals surface area contributed by atoms with E-state index in [1.807, 2.05) is 35.0 Å². The Morgan fingerprint density at radius 3 is 2.47 bits per heavy atom. The zero-order valence-electron chi connectivity index (χ0n) is 17.5. The molecular formula is C23H21FN6O2. The zero-order chi connectivity index (χ0) is 22.1. The largest absolute Gasteiger partial charge is 0.378 e. The number of rotatable bonds is 4. The summed E-state index contributed by atoms with van der Waals surface area (Å²) in [5.74, 6) is -0.296. The minimum Gasteiger partial charge on any atom is -0.378 e. The average molecular weight is 432 g/mol. The topological polar surface area (TPSA) is 78.1 Å². The molecule has 3 heterocycles. The number of nitrogens with zero attached hydrogens (tertiary/aromatic N) is 6. The second-order valence-corrected chi connectivity index (χ2v) is 7.53. The Labute approximate surface area is 183 Å². The molecule has 32 heavy (non-hydrogen) atoms. The minimum atomic E-state index is -0.306. The average Bonchev–Trinajstić information content (AvgIpc) is 3.46. The van der Waals surface area contributed by atoms with Crippen molar-refractivity contribution in [2.75, 3.05) is 26.3 Å². The Bertz CT molecular complexity index is 1240. The summed E-state index contributed by atoms with van der Waals surface area (Å²) in [6, 6.07) is 13.6. The normalized spacial score (nSPS) is 14.0. The van der Waals surface area contributed by atoms with Crippen LogP contribution >= 0.6 is 0 Å². The van der Waals surface area contributed by atoms with Crippen LogP contribution in [-0.2, 0) is 11.8 Å². The van der Waals surface area contributed by atoms with Crippen LogP contribution in [0.3, 0.4) is 0 Å². The van der Waals surface area contributed by atoms with Gasteiger partial charge in [0.05, 0.1) is 19.5 Å². The van der Waals surface area contributed by atoms with Crippen LogP contribution in [0.5, 0.6) is 0 Å². The van der Waals surface area contributed by atoms with Gasteiger partial charge in [-0.2, -0.15) is 0 Å². The lowest BCUT2D eigenvalue weighted by atomic mass is 10.1. The third kappa shape index (κ3) is 3.78. The highest BCUT2D eigenvalue weighted by atomic mass is 19.1. The molecule has 5 rings (SSSR count). The van der Waals surface area contributed by atoms with Crippen molar-refractivity contribution in [1.82, 2.24) is 29.4 Å². The number of ether oxygens (including phenoxy) is 1. The maximum atomic E-state index is 13.3. The molecule has 2 aromatic carbocycles. The number of amides is 1. The van der Waals surface area contributed by atoms with E-state index in [9.17, 15) is 9.18 Å². The van der Waals surface area contributed by atoms with Crippen LogP contribution in [0, 0.1) is 5.82 Å². The highest BCUT2D eigenvalue weighted by Gasteiger charge is 2.19. The summed E-state index contributed by atoms with van der Waals surface area (Å²) >= 11 is 0. The quantitative estimate of drug-likeness (QED) is 0.496. The van der Waals surface area contributed by atoms with E-state index in [1.54, 1.807) is 35.1 Å². The molecule has 0 unspecified atom stereocenters. The van der Waals surface area contributed by atoms with Crippen LogP contribution in [0.25, 0.3) is 28.3 Å². The first-order valence-electron chi connectivity index (χ1n) is 10.3. The maximum Gasteiger partial charge on any atom is 0.254 e. The van der Waals surface area contributed by atoms with Gasteiger partial charge >= 0.3 is 0 Å². The maximum absolute atomic E-state index is 13.3. The zero-order valence-corrected chi connectivity index (χ0v) is 17.5. The lowest BCUT2D eigenvalue weighted by Gasteiger charge is -2.26. The number of carbonyl (C=O) groups excluding carboxylic acids is 1. The third-order valence-corrected chi connectivity index (χ3v) is 5.48. The Morgan fingerprint density at radius 1 is 1.03 bits per heavy atom. The molecule has 0 radical (unpaired) electrons.